The molecule has 2 nitrogen and oxygen atoms in total. The summed E-state index contributed by atoms with van der Waals surface area (Å²) in [6.45, 7) is 8.58. The van der Waals surface area contributed by atoms with Crippen LogP contribution in [0.15, 0.2) is 52.8 Å². The van der Waals surface area contributed by atoms with Crippen LogP contribution in [0.2, 0.25) is 0 Å². The lowest BCUT2D eigenvalue weighted by Crippen LogP contribution is -2.20. The van der Waals surface area contributed by atoms with E-state index in [2.05, 4.69) is 50.1 Å². The van der Waals surface area contributed by atoms with Gasteiger partial charge < -0.3 is 5.73 Å². The Balaban J connectivity index is 3.25. The number of nitrogens with zero attached hydrogens (tertiary/aromatic N) is 1. The summed E-state index contributed by atoms with van der Waals surface area (Å²) >= 11 is 0. The van der Waals surface area contributed by atoms with E-state index in [0.717, 1.165) is 11.3 Å². The Hall–Kier alpha value is -1.57. The van der Waals surface area contributed by atoms with Gasteiger partial charge in [-0.2, -0.15) is 0 Å². The summed E-state index contributed by atoms with van der Waals surface area (Å²) in [4.78, 5) is 4.43. The maximum absolute atomic E-state index is 5.34. The van der Waals surface area contributed by atoms with Crippen molar-refractivity contribution >= 4 is 5.71 Å². The first-order chi connectivity index (χ1) is 7.50. The van der Waals surface area contributed by atoms with Crippen molar-refractivity contribution in [3.8, 4) is 0 Å². The SMILES string of the molecule is C/C=C1/C=CC=C(C(C)(C)C)/C1=N/C=C\N. The first-order valence-corrected chi connectivity index (χ1v) is 5.51. The third kappa shape index (κ3) is 2.72. The minimum atomic E-state index is 0.0836. The maximum Gasteiger partial charge on any atom is 0.0736 e. The van der Waals surface area contributed by atoms with E-state index >= 15 is 0 Å². The molecular formula is C14H20N2. The minimum absolute atomic E-state index is 0.0836. The van der Waals surface area contributed by atoms with Gasteiger partial charge in [0.2, 0.25) is 0 Å². The van der Waals surface area contributed by atoms with E-state index in [1.54, 1.807) is 6.20 Å². The molecule has 2 heteroatoms. The van der Waals surface area contributed by atoms with E-state index in [-0.39, 0.29) is 5.41 Å². The molecule has 0 aliphatic heterocycles. The van der Waals surface area contributed by atoms with Crippen molar-refractivity contribution in [1.29, 1.82) is 0 Å². The molecule has 0 aromatic carbocycles. The molecule has 0 aromatic rings. The molecule has 1 aliphatic rings. The van der Waals surface area contributed by atoms with Crippen LogP contribution in [-0.2, 0) is 0 Å². The van der Waals surface area contributed by atoms with Crippen LogP contribution in [0.1, 0.15) is 27.7 Å². The van der Waals surface area contributed by atoms with Gasteiger partial charge in [0, 0.05) is 12.4 Å². The van der Waals surface area contributed by atoms with Gasteiger partial charge in [0.15, 0.2) is 0 Å². The fraction of sp³-hybridized carbons (Fsp3) is 0.357. The largest absolute Gasteiger partial charge is 0.403 e. The van der Waals surface area contributed by atoms with E-state index in [9.17, 15) is 0 Å². The Bertz CT molecular complexity index is 399. The topological polar surface area (TPSA) is 38.4 Å². The molecular weight excluding hydrogens is 196 g/mol. The van der Waals surface area contributed by atoms with Crippen molar-refractivity contribution in [2.75, 3.05) is 0 Å². The lowest BCUT2D eigenvalue weighted by molar-refractivity contribution is 0.524. The molecule has 16 heavy (non-hydrogen) atoms. The van der Waals surface area contributed by atoms with Crippen molar-refractivity contribution in [2.24, 2.45) is 16.1 Å². The molecule has 0 saturated carbocycles. The highest BCUT2D eigenvalue weighted by molar-refractivity contribution is 6.16. The zero-order valence-corrected chi connectivity index (χ0v) is 10.5. The van der Waals surface area contributed by atoms with Crippen molar-refractivity contribution in [3.63, 3.8) is 0 Å². The number of hydrogen-bond donors (Lipinski definition) is 1. The van der Waals surface area contributed by atoms with E-state index in [1.807, 2.05) is 6.92 Å². The van der Waals surface area contributed by atoms with E-state index in [1.165, 1.54) is 11.8 Å². The van der Waals surface area contributed by atoms with Gasteiger partial charge in [-0.25, -0.2) is 0 Å². The Morgan fingerprint density at radius 1 is 1.31 bits per heavy atom. The first kappa shape index (κ1) is 12.5. The van der Waals surface area contributed by atoms with Crippen LogP contribution < -0.4 is 5.73 Å². The molecule has 0 heterocycles. The number of rotatable bonds is 1. The Morgan fingerprint density at radius 2 is 2.00 bits per heavy atom. The Morgan fingerprint density at radius 3 is 2.50 bits per heavy atom. The highest BCUT2D eigenvalue weighted by atomic mass is 14.7. The standard InChI is InChI=1S/C14H20N2/c1-5-11-7-6-8-12(14(2,3)4)13(11)16-10-9-15/h5-10H,15H2,1-4H3/b10-9-,11-5-,16-13+. The third-order valence-corrected chi connectivity index (χ3v) is 2.48. The summed E-state index contributed by atoms with van der Waals surface area (Å²) in [5, 5.41) is 0. The van der Waals surface area contributed by atoms with Gasteiger partial charge in [-0.1, -0.05) is 45.1 Å². The Kier molecular flexibility index (Phi) is 3.88. The van der Waals surface area contributed by atoms with Crippen LogP contribution in [0.4, 0.5) is 0 Å². The second-order valence-electron chi connectivity index (χ2n) is 4.75. The molecule has 0 bridgehead atoms. The van der Waals surface area contributed by atoms with Crippen LogP contribution in [0.3, 0.4) is 0 Å². The lowest BCUT2D eigenvalue weighted by atomic mass is 9.79. The number of nitrogens with two attached hydrogens (primary N) is 1. The molecule has 0 atom stereocenters. The van der Waals surface area contributed by atoms with Crippen LogP contribution in [0.5, 0.6) is 0 Å². The van der Waals surface area contributed by atoms with Crippen LogP contribution >= 0.6 is 0 Å². The fourth-order valence-corrected chi connectivity index (χ4v) is 1.66. The van der Waals surface area contributed by atoms with E-state index in [0.29, 0.717) is 0 Å². The van der Waals surface area contributed by atoms with Gasteiger partial charge in [-0.3, -0.25) is 4.99 Å². The average Bonchev–Trinajstić information content (AvgIpc) is 2.24. The summed E-state index contributed by atoms with van der Waals surface area (Å²) in [5.41, 5.74) is 8.82. The molecule has 0 spiro atoms. The van der Waals surface area contributed by atoms with Crippen molar-refractivity contribution in [3.05, 3.63) is 47.9 Å². The first-order valence-electron chi connectivity index (χ1n) is 5.51. The second-order valence-corrected chi connectivity index (χ2v) is 4.75. The molecule has 1 rings (SSSR count). The summed E-state index contributed by atoms with van der Waals surface area (Å²) in [5.74, 6) is 0. The van der Waals surface area contributed by atoms with Crippen molar-refractivity contribution in [1.82, 2.24) is 0 Å². The second kappa shape index (κ2) is 4.97. The number of hydrogen-bond acceptors (Lipinski definition) is 2. The molecule has 0 aromatic heterocycles. The highest BCUT2D eigenvalue weighted by Crippen LogP contribution is 2.31. The van der Waals surface area contributed by atoms with Crippen LogP contribution in [-0.4, -0.2) is 5.71 Å². The molecule has 86 valence electrons. The summed E-state index contributed by atoms with van der Waals surface area (Å²) in [6, 6.07) is 0. The molecule has 0 radical (unpaired) electrons. The molecule has 0 unspecified atom stereocenters. The maximum atomic E-state index is 5.34. The number of aliphatic imine (C=N–C) groups is 1. The molecule has 0 fully saturated rings. The third-order valence-electron chi connectivity index (χ3n) is 2.48. The number of allylic oxidation sites excluding steroid dienone is 6. The average molecular weight is 216 g/mol. The zero-order chi connectivity index (χ0) is 12.2. The molecule has 0 saturated heterocycles. The summed E-state index contributed by atoms with van der Waals surface area (Å²) < 4.78 is 0. The van der Waals surface area contributed by atoms with Crippen LogP contribution in [0.25, 0.3) is 0 Å². The van der Waals surface area contributed by atoms with E-state index < -0.39 is 0 Å². The highest BCUT2D eigenvalue weighted by Gasteiger charge is 2.24. The monoisotopic (exact) mass is 216 g/mol. The van der Waals surface area contributed by atoms with Crippen molar-refractivity contribution < 1.29 is 0 Å². The zero-order valence-electron chi connectivity index (χ0n) is 10.5. The van der Waals surface area contributed by atoms with Gasteiger partial charge in [-0.15, -0.1) is 0 Å². The molecule has 1 aliphatic carbocycles. The molecule has 0 amide bonds. The summed E-state index contributed by atoms with van der Waals surface area (Å²) in [6.07, 6.45) is 11.4. The van der Waals surface area contributed by atoms with Gasteiger partial charge in [0.1, 0.15) is 0 Å². The lowest BCUT2D eigenvalue weighted by Gasteiger charge is -2.26. The van der Waals surface area contributed by atoms with Gasteiger partial charge in [0.25, 0.3) is 0 Å². The quantitative estimate of drug-likeness (QED) is 0.717. The van der Waals surface area contributed by atoms with Crippen molar-refractivity contribution in [2.45, 2.75) is 27.7 Å². The van der Waals surface area contributed by atoms with Crippen LogP contribution in [0, 0.1) is 5.41 Å². The molecule has 2 N–H and O–H groups in total. The fourth-order valence-electron chi connectivity index (χ4n) is 1.66. The van der Waals surface area contributed by atoms with Gasteiger partial charge in [-0.05, 0) is 23.5 Å². The smallest absolute Gasteiger partial charge is 0.0736 e. The Labute approximate surface area is 98.0 Å². The predicted octanol–water partition coefficient (Wildman–Crippen LogP) is 3.35. The van der Waals surface area contributed by atoms with E-state index in [4.69, 9.17) is 5.73 Å². The summed E-state index contributed by atoms with van der Waals surface area (Å²) in [7, 11) is 0. The van der Waals surface area contributed by atoms with Gasteiger partial charge >= 0.3 is 0 Å². The normalized spacial score (nSPS) is 22.1. The predicted molar refractivity (Wildman–Crippen MR) is 71.2 cm³/mol. The minimum Gasteiger partial charge on any atom is -0.403 e. The van der Waals surface area contributed by atoms with Gasteiger partial charge in [0.05, 0.1) is 5.71 Å².